The van der Waals surface area contributed by atoms with Crippen LogP contribution in [0.5, 0.6) is 5.88 Å². The fourth-order valence-corrected chi connectivity index (χ4v) is 6.20. The SMILES string of the molecule is COc1nc(-c2ccnc(-c3cccc(Nc4nccc(CNC[C@H](C)O)c4F)c3Cl)c2Cl)ccc1CN(C[C@@H]1CCC(=O)N1)C(=O)OC(C)(C)C. The quantitative estimate of drug-likeness (QED) is 0.114. The number of halogens is 3. The number of benzene rings is 1. The normalized spacial score (nSPS) is 14.9. The maximum absolute atomic E-state index is 15.4. The first kappa shape index (κ1) is 38.7. The number of ether oxygens (including phenoxy) is 2. The van der Waals surface area contributed by atoms with Crippen LogP contribution in [-0.4, -0.2) is 74.9 Å². The van der Waals surface area contributed by atoms with Crippen molar-refractivity contribution >= 4 is 46.7 Å². The molecule has 0 aliphatic carbocycles. The van der Waals surface area contributed by atoms with E-state index >= 15 is 4.39 Å². The molecule has 2 atom stereocenters. The molecule has 5 rings (SSSR count). The van der Waals surface area contributed by atoms with Gasteiger partial charge in [0.15, 0.2) is 11.6 Å². The van der Waals surface area contributed by atoms with Crippen LogP contribution in [0, 0.1) is 5.82 Å². The van der Waals surface area contributed by atoms with Crippen molar-refractivity contribution in [1.82, 2.24) is 30.5 Å². The van der Waals surface area contributed by atoms with Crippen LogP contribution >= 0.6 is 23.2 Å². The molecule has 12 nitrogen and oxygen atoms in total. The number of carbonyl (C=O) groups is 2. The van der Waals surface area contributed by atoms with Crippen LogP contribution < -0.4 is 20.7 Å². The van der Waals surface area contributed by atoms with E-state index in [1.807, 2.05) is 0 Å². The van der Waals surface area contributed by atoms with Crippen LogP contribution in [0.25, 0.3) is 22.5 Å². The third kappa shape index (κ3) is 9.65. The summed E-state index contributed by atoms with van der Waals surface area (Å²) in [6, 6.07) is 11.8. The van der Waals surface area contributed by atoms with E-state index in [9.17, 15) is 14.7 Å². The van der Waals surface area contributed by atoms with Gasteiger partial charge in [-0.3, -0.25) is 9.78 Å². The predicted molar refractivity (Wildman–Crippen MR) is 198 cm³/mol. The molecule has 3 aromatic heterocycles. The number of nitrogens with zero attached hydrogens (tertiary/aromatic N) is 4. The Bertz CT molecular complexity index is 1920. The maximum Gasteiger partial charge on any atom is 0.410 e. The second-order valence-corrected chi connectivity index (χ2v) is 14.2. The molecule has 0 saturated carbocycles. The first-order valence-electron chi connectivity index (χ1n) is 16.8. The third-order valence-corrected chi connectivity index (χ3v) is 8.86. The molecule has 1 aliphatic heterocycles. The van der Waals surface area contributed by atoms with Crippen molar-refractivity contribution < 1.29 is 28.6 Å². The predicted octanol–water partition coefficient (Wildman–Crippen LogP) is 6.89. The summed E-state index contributed by atoms with van der Waals surface area (Å²) in [6.45, 7) is 7.92. The first-order chi connectivity index (χ1) is 24.7. The number of rotatable bonds is 13. The number of carbonyl (C=O) groups excluding carboxylic acids is 2. The summed E-state index contributed by atoms with van der Waals surface area (Å²) in [6.07, 6.45) is 3.00. The Hall–Kier alpha value is -4.56. The molecule has 0 unspecified atom stereocenters. The summed E-state index contributed by atoms with van der Waals surface area (Å²) >= 11 is 13.9. The monoisotopic (exact) mass is 753 g/mol. The van der Waals surface area contributed by atoms with Gasteiger partial charge in [0.05, 0.1) is 46.9 Å². The van der Waals surface area contributed by atoms with Crippen molar-refractivity contribution in [3.05, 3.63) is 81.8 Å². The standard InChI is InChI=1S/C37H42Cl2FN7O5/c1-21(48)17-41-18-22-13-15-43-34(32(22)40)45-28-8-6-7-26(30(28)38)33-31(39)25(14-16-42-33)27-11-9-23(35(46-27)51-5)19-47(36(50)52-37(2,3)4)20-24-10-12-29(49)44-24/h6-9,11,13-16,21,24,41,48H,10,12,17-20H2,1-5H3,(H,43,45)(H,44,49)/t21-,24-/m0/s1. The van der Waals surface area contributed by atoms with Gasteiger partial charge in [0.2, 0.25) is 11.8 Å². The molecule has 1 saturated heterocycles. The highest BCUT2D eigenvalue weighted by Gasteiger charge is 2.29. The molecule has 1 aliphatic rings. The molecule has 4 aromatic rings. The number of pyridine rings is 3. The fraction of sp³-hybridized carbons (Fsp3) is 0.378. The summed E-state index contributed by atoms with van der Waals surface area (Å²) in [4.78, 5) is 40.0. The molecule has 0 radical (unpaired) electrons. The lowest BCUT2D eigenvalue weighted by atomic mass is 10.1. The van der Waals surface area contributed by atoms with E-state index in [0.717, 1.165) is 0 Å². The first-order valence-corrected chi connectivity index (χ1v) is 17.5. The van der Waals surface area contributed by atoms with Crippen LogP contribution in [0.15, 0.2) is 54.9 Å². The van der Waals surface area contributed by atoms with Gasteiger partial charge in [-0.05, 0) is 64.4 Å². The molecular formula is C37H42Cl2FN7O5. The van der Waals surface area contributed by atoms with Crippen molar-refractivity contribution in [2.75, 3.05) is 25.5 Å². The van der Waals surface area contributed by atoms with E-state index in [0.29, 0.717) is 58.7 Å². The third-order valence-electron chi connectivity index (χ3n) is 8.07. The molecule has 0 spiro atoms. The van der Waals surface area contributed by atoms with Gasteiger partial charge >= 0.3 is 6.09 Å². The second kappa shape index (κ2) is 16.8. The van der Waals surface area contributed by atoms with Crippen LogP contribution in [0.1, 0.15) is 51.7 Å². The number of hydrogen-bond acceptors (Lipinski definition) is 10. The lowest BCUT2D eigenvalue weighted by Crippen LogP contribution is -2.43. The van der Waals surface area contributed by atoms with Crippen molar-refractivity contribution in [1.29, 1.82) is 0 Å². The van der Waals surface area contributed by atoms with E-state index in [1.165, 1.54) is 18.2 Å². The van der Waals surface area contributed by atoms with E-state index < -0.39 is 23.6 Å². The van der Waals surface area contributed by atoms with Gasteiger partial charge in [0, 0.05) is 66.7 Å². The lowest BCUT2D eigenvalue weighted by Gasteiger charge is -2.29. The number of aromatic nitrogens is 3. The Morgan fingerprint density at radius 3 is 2.56 bits per heavy atom. The zero-order valence-corrected chi connectivity index (χ0v) is 31.1. The van der Waals surface area contributed by atoms with Crippen LogP contribution in [0.4, 0.5) is 20.7 Å². The summed E-state index contributed by atoms with van der Waals surface area (Å²) in [5.41, 5.74) is 2.56. The summed E-state index contributed by atoms with van der Waals surface area (Å²) in [7, 11) is 1.49. The largest absolute Gasteiger partial charge is 0.481 e. The minimum atomic E-state index is -0.718. The minimum absolute atomic E-state index is 0.0159. The van der Waals surface area contributed by atoms with E-state index in [2.05, 4.69) is 25.9 Å². The Balaban J connectivity index is 1.40. The summed E-state index contributed by atoms with van der Waals surface area (Å²) in [5.74, 6) is -0.343. The average molecular weight is 755 g/mol. The topological polar surface area (TPSA) is 151 Å². The van der Waals surface area contributed by atoms with Crippen molar-refractivity contribution in [2.45, 2.75) is 71.4 Å². The maximum atomic E-state index is 15.4. The number of aliphatic hydroxyl groups excluding tert-OH is 1. The molecule has 1 fully saturated rings. The van der Waals surface area contributed by atoms with Crippen LogP contribution in [0.2, 0.25) is 10.0 Å². The molecule has 0 bridgehead atoms. The van der Waals surface area contributed by atoms with Crippen molar-refractivity contribution in [3.63, 3.8) is 0 Å². The molecule has 4 N–H and O–H groups in total. The van der Waals surface area contributed by atoms with Gasteiger partial charge in [0.25, 0.3) is 0 Å². The molecule has 2 amide bonds. The van der Waals surface area contributed by atoms with Crippen LogP contribution in [0.3, 0.4) is 0 Å². The number of aliphatic hydroxyl groups is 1. The molecule has 52 heavy (non-hydrogen) atoms. The summed E-state index contributed by atoms with van der Waals surface area (Å²) in [5, 5.41) is 18.9. The second-order valence-electron chi connectivity index (χ2n) is 13.5. The molecule has 1 aromatic carbocycles. The van der Waals surface area contributed by atoms with Gasteiger partial charge < -0.3 is 35.4 Å². The Morgan fingerprint density at radius 1 is 1.10 bits per heavy atom. The van der Waals surface area contributed by atoms with E-state index in [1.54, 1.807) is 76.4 Å². The molecular weight excluding hydrogens is 712 g/mol. The van der Waals surface area contributed by atoms with E-state index in [4.69, 9.17) is 37.7 Å². The Morgan fingerprint density at radius 2 is 1.87 bits per heavy atom. The van der Waals surface area contributed by atoms with Crippen molar-refractivity contribution in [3.8, 4) is 28.4 Å². The molecule has 15 heteroatoms. The highest BCUT2D eigenvalue weighted by atomic mass is 35.5. The zero-order valence-electron chi connectivity index (χ0n) is 29.6. The number of anilines is 2. The van der Waals surface area contributed by atoms with Crippen LogP contribution in [-0.2, 0) is 22.6 Å². The van der Waals surface area contributed by atoms with Gasteiger partial charge in [-0.25, -0.2) is 19.2 Å². The zero-order chi connectivity index (χ0) is 37.6. The average Bonchev–Trinajstić information content (AvgIpc) is 3.50. The number of methoxy groups -OCH3 is 1. The Labute approximate surface area is 312 Å². The fourth-order valence-electron chi connectivity index (χ4n) is 5.62. The molecule has 4 heterocycles. The van der Waals surface area contributed by atoms with E-state index in [-0.39, 0.29) is 53.3 Å². The molecule has 276 valence electrons. The minimum Gasteiger partial charge on any atom is -0.481 e. The summed E-state index contributed by atoms with van der Waals surface area (Å²) < 4.78 is 26.7. The smallest absolute Gasteiger partial charge is 0.410 e. The highest BCUT2D eigenvalue weighted by Crippen LogP contribution is 2.41. The lowest BCUT2D eigenvalue weighted by molar-refractivity contribution is -0.119. The van der Waals surface area contributed by atoms with Gasteiger partial charge in [-0.2, -0.15) is 0 Å². The van der Waals surface area contributed by atoms with Gasteiger partial charge in [-0.15, -0.1) is 0 Å². The van der Waals surface area contributed by atoms with Crippen molar-refractivity contribution in [2.24, 2.45) is 0 Å². The van der Waals surface area contributed by atoms with Gasteiger partial charge in [-0.1, -0.05) is 35.3 Å². The number of amides is 2. The number of hydrogen-bond donors (Lipinski definition) is 4. The highest BCUT2D eigenvalue weighted by molar-refractivity contribution is 6.39. The number of nitrogens with one attached hydrogen (secondary N) is 3. The Kier molecular flexibility index (Phi) is 12.5. The van der Waals surface area contributed by atoms with Gasteiger partial charge in [0.1, 0.15) is 5.60 Å².